The Morgan fingerprint density at radius 2 is 2.11 bits per heavy atom. The third-order valence-electron chi connectivity index (χ3n) is 2.50. The minimum atomic E-state index is -4.11. The normalized spacial score (nSPS) is 13.2. The number of para-hydroxylation sites is 1. The molecule has 0 spiro atoms. The fraction of sp³-hybridized carbons (Fsp3) is 0.455. The van der Waals surface area contributed by atoms with Crippen LogP contribution < -0.4 is 4.72 Å². The molecular formula is C11H15FN2O4S. The van der Waals surface area contributed by atoms with Crippen LogP contribution in [0.3, 0.4) is 0 Å². The third-order valence-corrected chi connectivity index (χ3v) is 4.12. The highest BCUT2D eigenvalue weighted by Crippen LogP contribution is 2.26. The molecule has 1 unspecified atom stereocenters. The molecule has 106 valence electrons. The van der Waals surface area contributed by atoms with E-state index in [1.807, 2.05) is 6.92 Å². The zero-order valence-corrected chi connectivity index (χ0v) is 11.4. The highest BCUT2D eigenvalue weighted by atomic mass is 32.2. The second-order valence-electron chi connectivity index (χ2n) is 4.15. The van der Waals surface area contributed by atoms with Crippen molar-refractivity contribution in [3.63, 3.8) is 0 Å². The van der Waals surface area contributed by atoms with Crippen molar-refractivity contribution in [2.75, 3.05) is 0 Å². The van der Waals surface area contributed by atoms with Gasteiger partial charge in [-0.3, -0.25) is 10.1 Å². The molecule has 1 N–H and O–H groups in total. The summed E-state index contributed by atoms with van der Waals surface area (Å²) < 4.78 is 39.7. The number of sulfonamides is 1. The summed E-state index contributed by atoms with van der Waals surface area (Å²) in [5.74, 6) is -1.17. The number of nitrogens with zero attached hydrogens (tertiary/aromatic N) is 1. The monoisotopic (exact) mass is 290 g/mol. The molecule has 0 aliphatic heterocycles. The Kier molecular flexibility index (Phi) is 4.96. The fourth-order valence-electron chi connectivity index (χ4n) is 1.71. The Morgan fingerprint density at radius 1 is 1.47 bits per heavy atom. The molecule has 1 atom stereocenters. The maximum atomic E-state index is 13.4. The number of benzene rings is 1. The van der Waals surface area contributed by atoms with Gasteiger partial charge in [-0.15, -0.1) is 0 Å². The summed E-state index contributed by atoms with van der Waals surface area (Å²) in [7, 11) is -4.11. The topological polar surface area (TPSA) is 89.3 Å². The van der Waals surface area contributed by atoms with Crippen LogP contribution in [-0.2, 0) is 10.0 Å². The lowest BCUT2D eigenvalue weighted by molar-refractivity contribution is -0.390. The summed E-state index contributed by atoms with van der Waals surface area (Å²) in [5, 5.41) is 10.8. The number of nitrogens with one attached hydrogen (secondary N) is 1. The Hall–Kier alpha value is -1.54. The number of hydrogen-bond donors (Lipinski definition) is 1. The van der Waals surface area contributed by atoms with Crippen molar-refractivity contribution in [1.82, 2.24) is 4.72 Å². The molecule has 6 nitrogen and oxygen atoms in total. The molecule has 0 aliphatic carbocycles. The van der Waals surface area contributed by atoms with Crippen LogP contribution in [0.4, 0.5) is 10.1 Å². The predicted molar refractivity (Wildman–Crippen MR) is 67.7 cm³/mol. The molecule has 0 fully saturated rings. The Bertz CT molecular complexity index is 574. The largest absolute Gasteiger partial charge is 0.324 e. The van der Waals surface area contributed by atoms with Gasteiger partial charge in [0, 0.05) is 6.04 Å². The molecule has 0 saturated carbocycles. The minimum Gasteiger partial charge on any atom is -0.258 e. The van der Waals surface area contributed by atoms with Gasteiger partial charge in [0.25, 0.3) is 0 Å². The predicted octanol–water partition coefficient (Wildman–Crippen LogP) is 2.20. The first-order valence-electron chi connectivity index (χ1n) is 5.74. The summed E-state index contributed by atoms with van der Waals surface area (Å²) in [6.45, 7) is 3.53. The van der Waals surface area contributed by atoms with E-state index in [1.54, 1.807) is 6.92 Å². The van der Waals surface area contributed by atoms with Gasteiger partial charge in [-0.1, -0.05) is 19.4 Å². The molecule has 8 heteroatoms. The lowest BCUT2D eigenvalue weighted by atomic mass is 10.2. The highest BCUT2D eigenvalue weighted by Gasteiger charge is 2.30. The van der Waals surface area contributed by atoms with Crippen LogP contribution in [0.25, 0.3) is 0 Å². The molecule has 0 aromatic heterocycles. The molecule has 0 aliphatic rings. The second kappa shape index (κ2) is 6.07. The lowest BCUT2D eigenvalue weighted by Crippen LogP contribution is -2.32. The van der Waals surface area contributed by atoms with E-state index in [9.17, 15) is 22.9 Å². The Labute approximate surface area is 110 Å². The maximum absolute atomic E-state index is 13.4. The van der Waals surface area contributed by atoms with Crippen molar-refractivity contribution < 1.29 is 17.7 Å². The van der Waals surface area contributed by atoms with Crippen LogP contribution in [0.1, 0.15) is 26.7 Å². The van der Waals surface area contributed by atoms with Crippen molar-refractivity contribution in [3.8, 4) is 0 Å². The highest BCUT2D eigenvalue weighted by molar-refractivity contribution is 7.89. The van der Waals surface area contributed by atoms with Crippen LogP contribution in [0.2, 0.25) is 0 Å². The van der Waals surface area contributed by atoms with Gasteiger partial charge in [0.05, 0.1) is 4.92 Å². The van der Waals surface area contributed by atoms with Gasteiger partial charge in [0.15, 0.2) is 4.90 Å². The van der Waals surface area contributed by atoms with Gasteiger partial charge >= 0.3 is 5.69 Å². The number of nitro benzene ring substituents is 1. The molecular weight excluding hydrogens is 275 g/mol. The third kappa shape index (κ3) is 3.71. The zero-order chi connectivity index (χ0) is 14.6. The van der Waals surface area contributed by atoms with E-state index in [0.717, 1.165) is 24.6 Å². The standard InChI is InChI=1S/C11H15FN2O4S/c1-3-5-8(2)13-19(17,18)10-7-4-6-9(12)11(10)14(15)16/h4,6-8,13H,3,5H2,1-2H3. The molecule has 1 aromatic carbocycles. The van der Waals surface area contributed by atoms with Crippen molar-refractivity contribution in [2.24, 2.45) is 0 Å². The van der Waals surface area contributed by atoms with E-state index in [4.69, 9.17) is 0 Å². The molecule has 0 heterocycles. The van der Waals surface area contributed by atoms with E-state index < -0.39 is 31.3 Å². The minimum absolute atomic E-state index is 0.377. The lowest BCUT2D eigenvalue weighted by Gasteiger charge is -2.13. The number of nitro groups is 1. The molecule has 0 radical (unpaired) electrons. The SMILES string of the molecule is CCCC(C)NS(=O)(=O)c1cccc(F)c1[N+](=O)[O-]. The first-order chi connectivity index (χ1) is 8.79. The fourth-order valence-corrected chi connectivity index (χ4v) is 3.17. The quantitative estimate of drug-likeness (QED) is 0.642. The van der Waals surface area contributed by atoms with Crippen LogP contribution in [-0.4, -0.2) is 19.4 Å². The summed E-state index contributed by atoms with van der Waals surface area (Å²) >= 11 is 0. The van der Waals surface area contributed by atoms with E-state index in [1.165, 1.54) is 0 Å². The van der Waals surface area contributed by atoms with Crippen LogP contribution in [0, 0.1) is 15.9 Å². The van der Waals surface area contributed by atoms with Gasteiger partial charge in [-0.25, -0.2) is 13.1 Å². The second-order valence-corrected chi connectivity index (χ2v) is 5.84. The summed E-state index contributed by atoms with van der Waals surface area (Å²) in [6.07, 6.45) is 1.34. The van der Waals surface area contributed by atoms with Gasteiger partial charge in [0.2, 0.25) is 15.8 Å². The van der Waals surface area contributed by atoms with Crippen LogP contribution in [0.15, 0.2) is 23.1 Å². The van der Waals surface area contributed by atoms with Crippen molar-refractivity contribution in [3.05, 3.63) is 34.1 Å². The summed E-state index contributed by atoms with van der Waals surface area (Å²) in [5.41, 5.74) is -1.03. The van der Waals surface area contributed by atoms with Gasteiger partial charge in [-0.05, 0) is 25.5 Å². The number of hydrogen-bond acceptors (Lipinski definition) is 4. The summed E-state index contributed by atoms with van der Waals surface area (Å²) in [6, 6.07) is 2.62. The van der Waals surface area contributed by atoms with E-state index >= 15 is 0 Å². The molecule has 0 amide bonds. The Morgan fingerprint density at radius 3 is 2.63 bits per heavy atom. The maximum Gasteiger partial charge on any atom is 0.324 e. The molecule has 1 rings (SSSR count). The Balaban J connectivity index is 3.22. The van der Waals surface area contributed by atoms with E-state index in [-0.39, 0.29) is 6.04 Å². The van der Waals surface area contributed by atoms with Gasteiger partial charge in [0.1, 0.15) is 0 Å². The van der Waals surface area contributed by atoms with Crippen LogP contribution >= 0.6 is 0 Å². The first kappa shape index (κ1) is 15.5. The first-order valence-corrected chi connectivity index (χ1v) is 7.23. The number of rotatable bonds is 6. The van der Waals surface area contributed by atoms with Crippen LogP contribution in [0.5, 0.6) is 0 Å². The average Bonchev–Trinajstić information content (AvgIpc) is 2.27. The van der Waals surface area contributed by atoms with E-state index in [0.29, 0.717) is 6.42 Å². The molecule has 1 aromatic rings. The summed E-state index contributed by atoms with van der Waals surface area (Å²) in [4.78, 5) is 9.09. The van der Waals surface area contributed by atoms with Gasteiger partial charge in [-0.2, -0.15) is 4.39 Å². The molecule has 0 saturated heterocycles. The smallest absolute Gasteiger partial charge is 0.258 e. The van der Waals surface area contributed by atoms with Crippen molar-refractivity contribution >= 4 is 15.7 Å². The molecule has 19 heavy (non-hydrogen) atoms. The van der Waals surface area contributed by atoms with Crippen molar-refractivity contribution in [2.45, 2.75) is 37.6 Å². The average molecular weight is 290 g/mol. The zero-order valence-electron chi connectivity index (χ0n) is 10.6. The number of halogens is 1. The van der Waals surface area contributed by atoms with E-state index in [2.05, 4.69) is 4.72 Å². The van der Waals surface area contributed by atoms with Crippen molar-refractivity contribution in [1.29, 1.82) is 0 Å². The van der Waals surface area contributed by atoms with Gasteiger partial charge < -0.3 is 0 Å². The molecule has 0 bridgehead atoms.